The van der Waals surface area contributed by atoms with Crippen LogP contribution in [0.5, 0.6) is 0 Å². The molecule has 1 aromatic carbocycles. The Kier molecular flexibility index (Phi) is 7.72. The summed E-state index contributed by atoms with van der Waals surface area (Å²) >= 11 is 0. The van der Waals surface area contributed by atoms with Gasteiger partial charge in [0.2, 0.25) is 0 Å². The lowest BCUT2D eigenvalue weighted by Crippen LogP contribution is -2.37. The molecule has 2 unspecified atom stereocenters. The van der Waals surface area contributed by atoms with Gasteiger partial charge in [0.25, 0.3) is 0 Å². The molecule has 0 radical (unpaired) electrons. The van der Waals surface area contributed by atoms with Crippen LogP contribution >= 0.6 is 0 Å². The summed E-state index contributed by atoms with van der Waals surface area (Å²) in [5.41, 5.74) is 1.36. The first-order chi connectivity index (χ1) is 9.22. The second-order valence-electron chi connectivity index (χ2n) is 5.09. The summed E-state index contributed by atoms with van der Waals surface area (Å²) in [5, 5.41) is 12.6. The van der Waals surface area contributed by atoms with Gasteiger partial charge in [0.15, 0.2) is 0 Å². The number of nitrogens with zero attached hydrogens (tertiary/aromatic N) is 1. The maximum absolute atomic E-state index is 9.07. The number of nitrogens with one attached hydrogen (secondary N) is 1. The summed E-state index contributed by atoms with van der Waals surface area (Å²) < 4.78 is 0. The summed E-state index contributed by atoms with van der Waals surface area (Å²) in [6.45, 7) is 10.6. The van der Waals surface area contributed by atoms with Gasteiger partial charge in [0.05, 0.1) is 0 Å². The molecule has 0 aromatic heterocycles. The summed E-state index contributed by atoms with van der Waals surface area (Å²) in [6, 6.07) is 11.1. The minimum Gasteiger partial charge on any atom is -0.396 e. The molecule has 2 N–H and O–H groups in total. The van der Waals surface area contributed by atoms with Crippen LogP contribution in [0.1, 0.15) is 32.4 Å². The third-order valence-electron chi connectivity index (χ3n) is 3.58. The van der Waals surface area contributed by atoms with E-state index in [0.717, 1.165) is 26.2 Å². The number of aliphatic hydroxyl groups is 1. The van der Waals surface area contributed by atoms with Gasteiger partial charge in [-0.1, -0.05) is 51.1 Å². The number of rotatable bonds is 9. The van der Waals surface area contributed by atoms with Crippen LogP contribution < -0.4 is 5.32 Å². The molecule has 1 aromatic rings. The molecule has 1 rings (SSSR count). The smallest absolute Gasteiger partial charge is 0.0472 e. The Labute approximate surface area is 117 Å². The van der Waals surface area contributed by atoms with E-state index in [1.54, 1.807) is 0 Å². The van der Waals surface area contributed by atoms with Crippen molar-refractivity contribution in [2.45, 2.75) is 26.8 Å². The van der Waals surface area contributed by atoms with E-state index >= 15 is 0 Å². The second kappa shape index (κ2) is 9.08. The van der Waals surface area contributed by atoms with Crippen molar-refractivity contribution in [2.24, 2.45) is 5.92 Å². The highest BCUT2D eigenvalue weighted by Gasteiger charge is 2.17. The van der Waals surface area contributed by atoms with Gasteiger partial charge in [0, 0.05) is 19.2 Å². The molecule has 0 aliphatic carbocycles. The zero-order chi connectivity index (χ0) is 14.1. The van der Waals surface area contributed by atoms with Crippen molar-refractivity contribution in [3.63, 3.8) is 0 Å². The molecule has 3 heteroatoms. The van der Waals surface area contributed by atoms with Crippen LogP contribution in [0.25, 0.3) is 0 Å². The van der Waals surface area contributed by atoms with Crippen molar-refractivity contribution in [1.82, 2.24) is 10.2 Å². The van der Waals surface area contributed by atoms with Crippen LogP contribution in [0.15, 0.2) is 30.3 Å². The minimum absolute atomic E-state index is 0.244. The lowest BCUT2D eigenvalue weighted by Gasteiger charge is -2.30. The first kappa shape index (κ1) is 16.2. The fourth-order valence-corrected chi connectivity index (χ4v) is 2.33. The van der Waals surface area contributed by atoms with Gasteiger partial charge in [-0.3, -0.25) is 4.90 Å². The zero-order valence-electron chi connectivity index (χ0n) is 12.5. The van der Waals surface area contributed by atoms with Crippen molar-refractivity contribution in [1.29, 1.82) is 0 Å². The average Bonchev–Trinajstić information content (AvgIpc) is 2.47. The molecule has 0 bridgehead atoms. The molecule has 0 aliphatic rings. The number of hydrogen-bond donors (Lipinski definition) is 2. The van der Waals surface area contributed by atoms with E-state index < -0.39 is 0 Å². The topological polar surface area (TPSA) is 35.5 Å². The average molecular weight is 264 g/mol. The second-order valence-corrected chi connectivity index (χ2v) is 5.09. The Morgan fingerprint density at radius 2 is 1.74 bits per heavy atom. The Morgan fingerprint density at radius 1 is 1.11 bits per heavy atom. The summed E-state index contributed by atoms with van der Waals surface area (Å²) in [7, 11) is 0. The van der Waals surface area contributed by atoms with Gasteiger partial charge in [0.1, 0.15) is 0 Å². The lowest BCUT2D eigenvalue weighted by molar-refractivity contribution is 0.201. The van der Waals surface area contributed by atoms with Crippen molar-refractivity contribution < 1.29 is 5.11 Å². The first-order valence-corrected chi connectivity index (χ1v) is 7.33. The predicted molar refractivity (Wildman–Crippen MR) is 81.2 cm³/mol. The van der Waals surface area contributed by atoms with Crippen molar-refractivity contribution >= 4 is 0 Å². The molecule has 0 saturated carbocycles. The summed E-state index contributed by atoms with van der Waals surface area (Å²) in [4.78, 5) is 2.46. The molecule has 0 amide bonds. The highest BCUT2D eigenvalue weighted by Crippen LogP contribution is 2.19. The van der Waals surface area contributed by atoms with Crippen LogP contribution in [0, 0.1) is 5.92 Å². The Bertz CT molecular complexity index is 325. The molecule has 108 valence electrons. The molecule has 3 nitrogen and oxygen atoms in total. The highest BCUT2D eigenvalue weighted by atomic mass is 16.3. The van der Waals surface area contributed by atoms with Gasteiger partial charge in [-0.25, -0.2) is 0 Å². The fourth-order valence-electron chi connectivity index (χ4n) is 2.33. The maximum atomic E-state index is 9.07. The molecule has 0 heterocycles. The van der Waals surface area contributed by atoms with Gasteiger partial charge in [-0.15, -0.1) is 0 Å². The van der Waals surface area contributed by atoms with Crippen LogP contribution in [0.4, 0.5) is 0 Å². The van der Waals surface area contributed by atoms with Gasteiger partial charge < -0.3 is 10.4 Å². The van der Waals surface area contributed by atoms with E-state index in [1.807, 2.05) is 0 Å². The maximum Gasteiger partial charge on any atom is 0.0472 e. The number of aliphatic hydroxyl groups excluding tert-OH is 1. The van der Waals surface area contributed by atoms with E-state index in [0.29, 0.717) is 12.0 Å². The normalized spacial score (nSPS) is 14.6. The van der Waals surface area contributed by atoms with E-state index in [4.69, 9.17) is 5.11 Å². The minimum atomic E-state index is 0.244. The Morgan fingerprint density at radius 3 is 2.26 bits per heavy atom. The molecular weight excluding hydrogens is 236 g/mol. The molecule has 19 heavy (non-hydrogen) atoms. The third-order valence-corrected chi connectivity index (χ3v) is 3.58. The number of hydrogen-bond acceptors (Lipinski definition) is 3. The van der Waals surface area contributed by atoms with E-state index in [2.05, 4.69) is 61.3 Å². The number of likely N-dealkylation sites (N-methyl/N-ethyl adjacent to an activating group) is 1. The first-order valence-electron chi connectivity index (χ1n) is 7.33. The predicted octanol–water partition coefficient (Wildman–Crippen LogP) is 2.29. The number of benzene rings is 1. The molecule has 0 fully saturated rings. The van der Waals surface area contributed by atoms with Gasteiger partial charge >= 0.3 is 0 Å². The largest absolute Gasteiger partial charge is 0.396 e. The molecular formula is C16H28N2O. The van der Waals surface area contributed by atoms with E-state index in [1.165, 1.54) is 5.56 Å². The van der Waals surface area contributed by atoms with Crippen LogP contribution in [0.3, 0.4) is 0 Å². The Balaban J connectivity index is 2.65. The van der Waals surface area contributed by atoms with Crippen LogP contribution in [-0.4, -0.2) is 42.8 Å². The quantitative estimate of drug-likeness (QED) is 0.718. The van der Waals surface area contributed by atoms with Gasteiger partial charge in [-0.05, 0) is 31.1 Å². The highest BCUT2D eigenvalue weighted by molar-refractivity contribution is 5.19. The molecule has 0 saturated heterocycles. The molecule has 2 atom stereocenters. The summed E-state index contributed by atoms with van der Waals surface area (Å²) in [5.74, 6) is 0.313. The van der Waals surface area contributed by atoms with E-state index in [9.17, 15) is 0 Å². The SMILES string of the molecule is CCN(CC)C(CNCC(C)CO)c1ccccc1. The molecule has 0 spiro atoms. The fraction of sp³-hybridized carbons (Fsp3) is 0.625. The van der Waals surface area contributed by atoms with Crippen LogP contribution in [-0.2, 0) is 0 Å². The summed E-state index contributed by atoms with van der Waals surface area (Å²) in [6.07, 6.45) is 0. The standard InChI is InChI=1S/C16H28N2O/c1-4-18(5-2)16(12-17-11-14(3)13-19)15-9-7-6-8-10-15/h6-10,14,16-17,19H,4-5,11-13H2,1-3H3. The van der Waals surface area contributed by atoms with Crippen molar-refractivity contribution in [3.05, 3.63) is 35.9 Å². The monoisotopic (exact) mass is 264 g/mol. The molecule has 0 aliphatic heterocycles. The van der Waals surface area contributed by atoms with Crippen molar-refractivity contribution in [2.75, 3.05) is 32.8 Å². The Hall–Kier alpha value is -0.900. The van der Waals surface area contributed by atoms with E-state index in [-0.39, 0.29) is 6.61 Å². The zero-order valence-corrected chi connectivity index (χ0v) is 12.5. The van der Waals surface area contributed by atoms with Gasteiger partial charge in [-0.2, -0.15) is 0 Å². The van der Waals surface area contributed by atoms with Crippen molar-refractivity contribution in [3.8, 4) is 0 Å². The lowest BCUT2D eigenvalue weighted by atomic mass is 10.0. The van der Waals surface area contributed by atoms with Crippen LogP contribution in [0.2, 0.25) is 0 Å². The third kappa shape index (κ3) is 5.31.